The van der Waals surface area contributed by atoms with Crippen LogP contribution in [0.5, 0.6) is 5.75 Å². The van der Waals surface area contributed by atoms with Crippen molar-refractivity contribution in [3.05, 3.63) is 40.3 Å². The second kappa shape index (κ2) is 8.04. The molecule has 0 aromatic heterocycles. The number of nitrogens with zero attached hydrogens (tertiary/aromatic N) is 5. The van der Waals surface area contributed by atoms with Crippen LogP contribution in [-0.2, 0) is 11.8 Å². The molecule has 0 amide bonds. The van der Waals surface area contributed by atoms with E-state index in [1.54, 1.807) is 32.3 Å². The van der Waals surface area contributed by atoms with Gasteiger partial charge in [0.1, 0.15) is 5.75 Å². The number of azide groups is 1. The van der Waals surface area contributed by atoms with Gasteiger partial charge < -0.3 is 4.74 Å². The Morgan fingerprint density at radius 2 is 2.05 bits per heavy atom. The molecule has 0 bridgehead atoms. The van der Waals surface area contributed by atoms with Crippen LogP contribution in [0.3, 0.4) is 0 Å². The molecule has 0 N–H and O–H groups in total. The molecule has 22 heavy (non-hydrogen) atoms. The maximum atomic E-state index is 8.57. The van der Waals surface area contributed by atoms with Crippen LogP contribution in [0.25, 0.3) is 10.4 Å². The number of ether oxygens (including phenoxy) is 1. The minimum Gasteiger partial charge on any atom is -0.481 e. The molecule has 0 heterocycles. The molecule has 1 aromatic carbocycles. The zero-order valence-electron chi connectivity index (χ0n) is 12.3. The van der Waals surface area contributed by atoms with Gasteiger partial charge in [0.25, 0.3) is 0 Å². The quantitative estimate of drug-likeness (QED) is 0.157. The molecule has 0 aliphatic rings. The van der Waals surface area contributed by atoms with Crippen LogP contribution >= 0.6 is 27.4 Å². The number of halogens is 2. The normalized spacial score (nSPS) is 14.2. The van der Waals surface area contributed by atoms with Gasteiger partial charge in [-0.25, -0.2) is 4.78 Å². The summed E-state index contributed by atoms with van der Waals surface area (Å²) in [5, 5.41) is 7.76. The molecule has 1 aromatic rings. The molecule has 1 rings (SSSR count). The van der Waals surface area contributed by atoms with Crippen molar-refractivity contribution in [3.63, 3.8) is 0 Å². The van der Waals surface area contributed by atoms with Gasteiger partial charge >= 0.3 is 0 Å². The van der Waals surface area contributed by atoms with Crippen molar-refractivity contribution >= 4 is 45.4 Å². The second-order valence-corrected chi connectivity index (χ2v) is 12.2. The van der Waals surface area contributed by atoms with Crippen molar-refractivity contribution < 1.29 is 4.74 Å². The summed E-state index contributed by atoms with van der Waals surface area (Å²) in [4.78, 5) is 0.205. The topological polar surface area (TPSA) is 73.6 Å². The van der Waals surface area contributed by atoms with E-state index in [4.69, 9.17) is 44.6 Å². The van der Waals surface area contributed by atoms with E-state index in [-0.39, 0.29) is 0 Å². The Bertz CT molecular complexity index is 629. The van der Waals surface area contributed by atoms with Crippen molar-refractivity contribution in [3.8, 4) is 5.75 Å². The van der Waals surface area contributed by atoms with Gasteiger partial charge in [-0.05, 0) is 88.1 Å². The Labute approximate surface area is 144 Å². The smallest absolute Gasteiger partial charge is 0.222 e. The summed E-state index contributed by atoms with van der Waals surface area (Å²) in [7, 11) is 1.63. The Hall–Kier alpha value is -0.970. The van der Waals surface area contributed by atoms with Crippen LogP contribution in [0.15, 0.2) is 34.5 Å². The van der Waals surface area contributed by atoms with Crippen molar-refractivity contribution in [1.29, 1.82) is 0 Å². The third-order valence-electron chi connectivity index (χ3n) is 2.84. The first-order valence-electron chi connectivity index (χ1n) is 6.33. The molecule has 0 saturated carbocycles. The fraction of sp³-hybridized carbons (Fsp3) is 0.417. The Morgan fingerprint density at radius 1 is 1.45 bits per heavy atom. The van der Waals surface area contributed by atoms with Crippen molar-refractivity contribution in [2.45, 2.75) is 26.0 Å². The molecule has 0 aliphatic carbocycles. The van der Waals surface area contributed by atoms with Gasteiger partial charge in [0.2, 0.25) is 4.89 Å². The Balaban J connectivity index is 2.81. The summed E-state index contributed by atoms with van der Waals surface area (Å²) in [5.74, 6) is 0.599. The van der Waals surface area contributed by atoms with Gasteiger partial charge in [-0.15, -0.1) is 0 Å². The summed E-state index contributed by atoms with van der Waals surface area (Å²) < 4.78 is 7.06. The van der Waals surface area contributed by atoms with Crippen LogP contribution in [0.1, 0.15) is 25.8 Å². The maximum absolute atomic E-state index is 8.57. The molecule has 0 saturated heterocycles. The molecule has 0 aliphatic heterocycles. The van der Waals surface area contributed by atoms with Gasteiger partial charge in [-0.3, -0.25) is 0 Å². The predicted molar refractivity (Wildman–Crippen MR) is 96.3 cm³/mol. The predicted octanol–water partition coefficient (Wildman–Crippen LogP) is 5.47. The summed E-state index contributed by atoms with van der Waals surface area (Å²) in [6.07, 6.45) is 2.16. The van der Waals surface area contributed by atoms with Gasteiger partial charge in [0.15, 0.2) is 5.72 Å². The van der Waals surface area contributed by atoms with E-state index in [2.05, 4.69) is 15.1 Å². The largest absolute Gasteiger partial charge is 0.481 e. The summed E-state index contributed by atoms with van der Waals surface area (Å²) in [5.41, 5.74) is 8.49. The minimum absolute atomic E-state index is 0.557. The molecular weight excluding hydrogens is 364 g/mol. The van der Waals surface area contributed by atoms with Gasteiger partial charge in [0.05, 0.1) is 6.21 Å². The van der Waals surface area contributed by atoms with Crippen molar-refractivity contribution in [2.24, 2.45) is 10.2 Å². The molecule has 0 fully saturated rings. The second-order valence-electron chi connectivity index (χ2n) is 4.56. The number of rotatable bonds is 7. The molecule has 1 atom stereocenters. The highest BCUT2D eigenvalue weighted by molar-refractivity contribution is 8.37. The summed E-state index contributed by atoms with van der Waals surface area (Å²) in [6.45, 7) is 3.61. The van der Waals surface area contributed by atoms with E-state index < -0.39 is 10.6 Å². The molecule has 0 radical (unpaired) electrons. The Kier molecular flexibility index (Phi) is 6.98. The number of benzene rings is 1. The van der Waals surface area contributed by atoms with Crippen LogP contribution in [0, 0.1) is 0 Å². The molecule has 6 nitrogen and oxygen atoms in total. The van der Waals surface area contributed by atoms with E-state index in [0.29, 0.717) is 12.2 Å². The first-order chi connectivity index (χ1) is 10.2. The lowest BCUT2D eigenvalue weighted by Crippen LogP contribution is -2.28. The van der Waals surface area contributed by atoms with Gasteiger partial charge in [0, 0.05) is 12.0 Å². The maximum Gasteiger partial charge on any atom is 0.222 e. The Morgan fingerprint density at radius 3 is 2.50 bits per heavy atom. The van der Waals surface area contributed by atoms with Crippen LogP contribution in [0.4, 0.5) is 0 Å². The summed E-state index contributed by atoms with van der Waals surface area (Å²) in [6, 6.07) is 7.15. The first kappa shape index (κ1) is 19.1. The molecule has 10 heteroatoms. The van der Waals surface area contributed by atoms with Gasteiger partial charge in [-0.1, -0.05) is 6.92 Å². The fourth-order valence-electron chi connectivity index (χ4n) is 1.34. The highest BCUT2D eigenvalue weighted by Gasteiger charge is 2.22. The third-order valence-corrected chi connectivity index (χ3v) is 5.64. The number of hydrogen-bond donors (Lipinski definition) is 0. The molecule has 0 spiro atoms. The minimum atomic E-state index is -2.60. The lowest BCUT2D eigenvalue weighted by molar-refractivity contribution is 0.0921. The fourth-order valence-corrected chi connectivity index (χ4v) is 1.88. The molecular formula is C12H16Cl2N5OPS. The monoisotopic (exact) mass is 379 g/mol. The lowest BCUT2D eigenvalue weighted by Gasteiger charge is -2.24. The standard InChI is InChI=1S/C12H16Cl2N5OPS/c1-4-12(2,17-18-15)20-11-7-5-10(6-8-11)9-16-19(3)21(13,14)22/h5-9H,4H2,1-3H3/b16-9+. The van der Waals surface area contributed by atoms with Gasteiger partial charge in [-0.2, -0.15) is 5.10 Å². The molecule has 120 valence electrons. The average molecular weight is 380 g/mol. The number of hydrogen-bond acceptors (Lipinski definition) is 4. The van der Waals surface area contributed by atoms with E-state index >= 15 is 0 Å². The zero-order chi connectivity index (χ0) is 16.8. The molecule has 1 unspecified atom stereocenters. The van der Waals surface area contributed by atoms with E-state index in [0.717, 1.165) is 5.56 Å². The highest BCUT2D eigenvalue weighted by atomic mass is 35.9. The lowest BCUT2D eigenvalue weighted by atomic mass is 10.2. The van der Waals surface area contributed by atoms with Crippen LogP contribution in [0.2, 0.25) is 0 Å². The van der Waals surface area contributed by atoms with Crippen molar-refractivity contribution in [1.82, 2.24) is 4.78 Å². The SMILES string of the molecule is CCC(C)(N=[N+]=[N-])Oc1ccc(/C=N/N(C)P(=S)(Cl)Cl)cc1. The van der Waals surface area contributed by atoms with E-state index in [1.165, 1.54) is 4.78 Å². The van der Waals surface area contributed by atoms with E-state index in [1.807, 2.05) is 19.1 Å². The van der Waals surface area contributed by atoms with Crippen molar-refractivity contribution in [2.75, 3.05) is 7.05 Å². The van der Waals surface area contributed by atoms with E-state index in [9.17, 15) is 0 Å². The average Bonchev–Trinajstić information content (AvgIpc) is 2.45. The first-order valence-corrected chi connectivity index (χ1v) is 10.9. The summed E-state index contributed by atoms with van der Waals surface area (Å²) >= 11 is 16.6. The van der Waals surface area contributed by atoms with Crippen LogP contribution < -0.4 is 4.74 Å². The zero-order valence-corrected chi connectivity index (χ0v) is 15.6. The third kappa shape index (κ3) is 6.03. The van der Waals surface area contributed by atoms with Crippen LogP contribution in [-0.4, -0.2) is 23.8 Å². The number of hydrazone groups is 1. The highest BCUT2D eigenvalue weighted by Crippen LogP contribution is 2.59.